The van der Waals surface area contributed by atoms with Gasteiger partial charge >= 0.3 is 0 Å². The van der Waals surface area contributed by atoms with Gasteiger partial charge in [-0.15, -0.1) is 11.3 Å². The summed E-state index contributed by atoms with van der Waals surface area (Å²) >= 11 is 1.36. The van der Waals surface area contributed by atoms with Crippen LogP contribution in [0.1, 0.15) is 20.8 Å². The highest BCUT2D eigenvalue weighted by Gasteiger charge is 2.22. The maximum atomic E-state index is 13.6. The molecule has 2 heterocycles. The first-order chi connectivity index (χ1) is 18.1. The second-order valence-corrected chi connectivity index (χ2v) is 10.1. The minimum atomic E-state index is -0.0870. The number of pyridine rings is 1. The van der Waals surface area contributed by atoms with Crippen LogP contribution in [0.25, 0.3) is 43.7 Å². The molecule has 0 bridgehead atoms. The van der Waals surface area contributed by atoms with Crippen molar-refractivity contribution in [3.8, 4) is 33.5 Å². The lowest BCUT2D eigenvalue weighted by Crippen LogP contribution is -2.02. The minimum absolute atomic E-state index is 0.0870. The zero-order valence-corrected chi connectivity index (χ0v) is 21.1. The Kier molecular flexibility index (Phi) is 5.87. The van der Waals surface area contributed by atoms with Crippen molar-refractivity contribution >= 4 is 33.0 Å². The molecule has 0 aliphatic heterocycles. The number of nitrogen functional groups attached to an aromatic ring is 1. The fourth-order valence-corrected chi connectivity index (χ4v) is 5.66. The smallest absolute Gasteiger partial charge is 0.205 e. The van der Waals surface area contributed by atoms with E-state index in [0.717, 1.165) is 43.7 Å². The average molecular weight is 497 g/mol. The van der Waals surface area contributed by atoms with Gasteiger partial charge in [-0.1, -0.05) is 115 Å². The molecule has 178 valence electrons. The number of hydrogen-bond donors (Lipinski definition) is 1. The molecule has 4 heteroatoms. The quantitative estimate of drug-likeness (QED) is 0.244. The lowest BCUT2D eigenvalue weighted by atomic mass is 9.98. The van der Waals surface area contributed by atoms with Crippen molar-refractivity contribution in [1.29, 1.82) is 0 Å². The van der Waals surface area contributed by atoms with Gasteiger partial charge in [0, 0.05) is 16.5 Å². The van der Waals surface area contributed by atoms with E-state index in [2.05, 4.69) is 61.5 Å². The molecule has 0 aliphatic carbocycles. The molecule has 0 fully saturated rings. The van der Waals surface area contributed by atoms with E-state index >= 15 is 0 Å². The zero-order chi connectivity index (χ0) is 25.4. The predicted molar refractivity (Wildman–Crippen MR) is 155 cm³/mol. The Morgan fingerprint density at radius 3 is 1.92 bits per heavy atom. The first-order valence-electron chi connectivity index (χ1n) is 12.1. The molecule has 0 amide bonds. The van der Waals surface area contributed by atoms with Crippen molar-refractivity contribution in [2.24, 2.45) is 0 Å². The van der Waals surface area contributed by atoms with Gasteiger partial charge in [-0.05, 0) is 35.2 Å². The number of carbonyl (C=O) groups is 1. The number of carbonyl (C=O) groups excluding carboxylic acids is 1. The van der Waals surface area contributed by atoms with Crippen molar-refractivity contribution in [2.75, 3.05) is 5.73 Å². The van der Waals surface area contributed by atoms with Crippen LogP contribution < -0.4 is 5.73 Å². The van der Waals surface area contributed by atoms with Crippen molar-refractivity contribution in [3.05, 3.63) is 131 Å². The Morgan fingerprint density at radius 1 is 0.703 bits per heavy atom. The monoisotopic (exact) mass is 496 g/mol. The number of rotatable bonds is 5. The summed E-state index contributed by atoms with van der Waals surface area (Å²) in [7, 11) is 0. The molecule has 3 nitrogen and oxygen atoms in total. The number of benzene rings is 4. The van der Waals surface area contributed by atoms with Gasteiger partial charge in [-0.3, -0.25) is 4.79 Å². The fraction of sp³-hybridized carbons (Fsp3) is 0.0303. The number of nitrogens with two attached hydrogens (primary N) is 1. The van der Waals surface area contributed by atoms with Crippen LogP contribution in [-0.2, 0) is 0 Å². The van der Waals surface area contributed by atoms with E-state index in [-0.39, 0.29) is 5.78 Å². The maximum Gasteiger partial charge on any atom is 0.205 e. The summed E-state index contributed by atoms with van der Waals surface area (Å²) in [6.07, 6.45) is 0. The number of nitrogens with zero attached hydrogens (tertiary/aromatic N) is 1. The van der Waals surface area contributed by atoms with Crippen LogP contribution in [-0.4, -0.2) is 10.8 Å². The zero-order valence-electron chi connectivity index (χ0n) is 20.3. The number of anilines is 1. The van der Waals surface area contributed by atoms with Gasteiger partial charge in [0.25, 0.3) is 0 Å². The van der Waals surface area contributed by atoms with Gasteiger partial charge < -0.3 is 5.73 Å². The number of aryl methyl sites for hydroxylation is 1. The molecule has 0 aliphatic rings. The van der Waals surface area contributed by atoms with Crippen molar-refractivity contribution < 1.29 is 4.79 Å². The molecule has 0 spiro atoms. The lowest BCUT2D eigenvalue weighted by molar-refractivity contribution is 0.104. The normalized spacial score (nSPS) is 11.1. The van der Waals surface area contributed by atoms with Crippen molar-refractivity contribution in [3.63, 3.8) is 0 Å². The molecule has 0 radical (unpaired) electrons. The molecular weight excluding hydrogens is 472 g/mol. The number of aromatic nitrogens is 1. The highest BCUT2D eigenvalue weighted by Crippen LogP contribution is 2.42. The molecule has 2 aromatic heterocycles. The molecule has 0 saturated heterocycles. The third-order valence-corrected chi connectivity index (χ3v) is 7.69. The van der Waals surface area contributed by atoms with E-state index in [1.807, 2.05) is 60.7 Å². The van der Waals surface area contributed by atoms with E-state index in [1.165, 1.54) is 16.9 Å². The van der Waals surface area contributed by atoms with Crippen LogP contribution >= 0.6 is 11.3 Å². The van der Waals surface area contributed by atoms with Crippen molar-refractivity contribution in [1.82, 2.24) is 4.98 Å². The molecule has 37 heavy (non-hydrogen) atoms. The summed E-state index contributed by atoms with van der Waals surface area (Å²) in [5.41, 5.74) is 15.1. The molecule has 4 aromatic carbocycles. The van der Waals surface area contributed by atoms with Crippen LogP contribution in [0, 0.1) is 6.92 Å². The largest absolute Gasteiger partial charge is 0.397 e. The summed E-state index contributed by atoms with van der Waals surface area (Å²) in [4.78, 5) is 19.9. The highest BCUT2D eigenvalue weighted by molar-refractivity contribution is 7.21. The summed E-state index contributed by atoms with van der Waals surface area (Å²) in [6.45, 7) is 2.07. The van der Waals surface area contributed by atoms with Gasteiger partial charge in [-0.2, -0.15) is 0 Å². The first-order valence-corrected chi connectivity index (χ1v) is 13.0. The summed E-state index contributed by atoms with van der Waals surface area (Å²) < 4.78 is 0. The van der Waals surface area contributed by atoms with Crippen LogP contribution in [0.2, 0.25) is 0 Å². The molecular formula is C33H24N2OS. The number of fused-ring (bicyclic) bond motifs is 1. The topological polar surface area (TPSA) is 56.0 Å². The van der Waals surface area contributed by atoms with Gasteiger partial charge in [0.1, 0.15) is 9.71 Å². The summed E-state index contributed by atoms with van der Waals surface area (Å²) in [6, 6.07) is 38.4. The van der Waals surface area contributed by atoms with Crippen LogP contribution in [0.5, 0.6) is 0 Å². The average Bonchev–Trinajstić information content (AvgIpc) is 3.29. The number of thiophene rings is 1. The van der Waals surface area contributed by atoms with Gasteiger partial charge in [0.05, 0.1) is 11.4 Å². The van der Waals surface area contributed by atoms with Gasteiger partial charge in [-0.25, -0.2) is 4.98 Å². The van der Waals surface area contributed by atoms with E-state index in [4.69, 9.17) is 10.7 Å². The van der Waals surface area contributed by atoms with Gasteiger partial charge in [0.15, 0.2) is 0 Å². The van der Waals surface area contributed by atoms with E-state index in [0.29, 0.717) is 16.1 Å². The second kappa shape index (κ2) is 9.49. The Hall–Kier alpha value is -4.54. The molecule has 6 rings (SSSR count). The first kappa shape index (κ1) is 22.9. The SMILES string of the molecule is Cc1ccc(-c2cc(-c3ccccc3)c3c(N)c(C(=O)c4ccc(-c5ccccc5)cc4)sc3n2)cc1. The molecule has 0 saturated carbocycles. The molecule has 2 N–H and O–H groups in total. The summed E-state index contributed by atoms with van der Waals surface area (Å²) in [5.74, 6) is -0.0870. The maximum absolute atomic E-state index is 13.6. The minimum Gasteiger partial charge on any atom is -0.397 e. The van der Waals surface area contributed by atoms with Crippen molar-refractivity contribution in [2.45, 2.75) is 6.92 Å². The third kappa shape index (κ3) is 4.32. The second-order valence-electron chi connectivity index (χ2n) is 9.08. The Labute approximate surface area is 219 Å². The van der Waals surface area contributed by atoms with Crippen LogP contribution in [0.15, 0.2) is 115 Å². The van der Waals surface area contributed by atoms with Crippen LogP contribution in [0.3, 0.4) is 0 Å². The Bertz CT molecular complexity index is 1720. The van der Waals surface area contributed by atoms with E-state index in [9.17, 15) is 4.79 Å². The predicted octanol–water partition coefficient (Wildman–Crippen LogP) is 8.42. The van der Waals surface area contributed by atoms with E-state index < -0.39 is 0 Å². The fourth-order valence-electron chi connectivity index (χ4n) is 4.58. The standard InChI is InChI=1S/C33H24N2OS/c1-21-12-14-25(15-13-21)28-20-27(24-10-6-3-7-11-24)29-30(34)32(37-33(29)35-28)31(36)26-18-16-23(17-19-26)22-8-4-2-5-9-22/h2-20H,34H2,1H3. The molecule has 6 aromatic rings. The summed E-state index contributed by atoms with van der Waals surface area (Å²) in [5, 5.41) is 0.830. The van der Waals surface area contributed by atoms with Gasteiger partial charge in [0.2, 0.25) is 5.78 Å². The highest BCUT2D eigenvalue weighted by atomic mass is 32.1. The van der Waals surface area contributed by atoms with E-state index in [1.54, 1.807) is 0 Å². The number of ketones is 1. The lowest BCUT2D eigenvalue weighted by Gasteiger charge is -2.09. The molecule has 0 unspecified atom stereocenters. The Morgan fingerprint density at radius 2 is 1.27 bits per heavy atom. The third-order valence-electron chi connectivity index (χ3n) is 6.59. The Balaban J connectivity index is 1.47. The molecule has 0 atom stereocenters. The number of hydrogen-bond acceptors (Lipinski definition) is 4. The van der Waals surface area contributed by atoms with Crippen LogP contribution in [0.4, 0.5) is 5.69 Å².